The van der Waals surface area contributed by atoms with Gasteiger partial charge in [0.25, 0.3) is 0 Å². The summed E-state index contributed by atoms with van der Waals surface area (Å²) in [6, 6.07) is 15.9. The lowest BCUT2D eigenvalue weighted by Crippen LogP contribution is -1.90. The second kappa shape index (κ2) is 5.19. The van der Waals surface area contributed by atoms with Crippen LogP contribution in [0.1, 0.15) is 16.8 Å². The Hall–Kier alpha value is -3.70. The van der Waals surface area contributed by atoms with E-state index < -0.39 is 0 Å². The van der Waals surface area contributed by atoms with Gasteiger partial charge in [-0.25, -0.2) is 4.98 Å². The predicted octanol–water partition coefficient (Wildman–Crippen LogP) is 3.83. The number of hydrogen-bond donors (Lipinski definition) is 1. The van der Waals surface area contributed by atoms with Crippen LogP contribution in [0.2, 0.25) is 0 Å². The van der Waals surface area contributed by atoms with Crippen molar-refractivity contribution in [1.29, 1.82) is 10.5 Å². The Balaban J connectivity index is 2.05. The average molecular weight is 309 g/mol. The van der Waals surface area contributed by atoms with Gasteiger partial charge in [-0.2, -0.15) is 10.5 Å². The number of H-pyrrole nitrogens is 1. The Bertz CT molecular complexity index is 1190. The highest BCUT2D eigenvalue weighted by atomic mass is 14.8. The third-order valence-corrected chi connectivity index (χ3v) is 4.10. The molecule has 0 atom stereocenters. The summed E-state index contributed by atoms with van der Waals surface area (Å²) in [7, 11) is 0. The monoisotopic (exact) mass is 309 g/mol. The molecule has 0 amide bonds. The van der Waals surface area contributed by atoms with E-state index in [4.69, 9.17) is 4.98 Å². The number of fused-ring (bicyclic) bond motifs is 3. The first kappa shape index (κ1) is 13.9. The van der Waals surface area contributed by atoms with Gasteiger partial charge in [-0.3, -0.25) is 4.98 Å². The molecule has 0 fully saturated rings. The molecule has 0 saturated heterocycles. The van der Waals surface area contributed by atoms with Crippen molar-refractivity contribution in [2.24, 2.45) is 0 Å². The van der Waals surface area contributed by atoms with E-state index in [2.05, 4.69) is 22.1 Å². The molecule has 1 aromatic carbocycles. The Morgan fingerprint density at radius 3 is 2.38 bits per heavy atom. The Morgan fingerprint density at radius 2 is 1.62 bits per heavy atom. The molecule has 112 valence electrons. The molecular weight excluding hydrogens is 298 g/mol. The van der Waals surface area contributed by atoms with Crippen molar-refractivity contribution in [3.63, 3.8) is 0 Å². The minimum absolute atomic E-state index is 0.329. The van der Waals surface area contributed by atoms with Gasteiger partial charge in [0.15, 0.2) is 0 Å². The molecule has 0 spiro atoms. The van der Waals surface area contributed by atoms with Gasteiger partial charge in [0.1, 0.15) is 12.1 Å². The molecular formula is C19H11N5. The number of hydrogen-bond acceptors (Lipinski definition) is 4. The zero-order valence-electron chi connectivity index (χ0n) is 12.8. The molecule has 0 aliphatic rings. The zero-order chi connectivity index (χ0) is 16.7. The van der Waals surface area contributed by atoms with Crippen LogP contribution in [0.3, 0.4) is 0 Å². The number of rotatable bonds is 1. The largest absolute Gasteiger partial charge is 0.355 e. The number of nitriles is 2. The number of nitrogens with one attached hydrogen (secondary N) is 1. The van der Waals surface area contributed by atoms with Crippen molar-refractivity contribution in [2.75, 3.05) is 0 Å². The maximum atomic E-state index is 9.43. The normalized spacial score (nSPS) is 10.6. The highest BCUT2D eigenvalue weighted by Gasteiger charge is 2.17. The van der Waals surface area contributed by atoms with Crippen LogP contribution in [0.25, 0.3) is 33.2 Å². The van der Waals surface area contributed by atoms with Gasteiger partial charge < -0.3 is 4.98 Å². The zero-order valence-corrected chi connectivity index (χ0v) is 12.8. The third-order valence-electron chi connectivity index (χ3n) is 4.10. The van der Waals surface area contributed by atoms with E-state index >= 15 is 0 Å². The second-order valence-electron chi connectivity index (χ2n) is 5.51. The van der Waals surface area contributed by atoms with Crippen LogP contribution in [-0.2, 0) is 0 Å². The summed E-state index contributed by atoms with van der Waals surface area (Å²) < 4.78 is 0. The fourth-order valence-corrected chi connectivity index (χ4v) is 2.93. The third kappa shape index (κ3) is 1.93. The molecule has 4 rings (SSSR count). The summed E-state index contributed by atoms with van der Waals surface area (Å²) >= 11 is 0. The topological polar surface area (TPSA) is 89.2 Å². The Kier molecular flexibility index (Phi) is 3.01. The maximum absolute atomic E-state index is 9.43. The second-order valence-corrected chi connectivity index (χ2v) is 5.51. The molecule has 0 bridgehead atoms. The van der Waals surface area contributed by atoms with E-state index in [-0.39, 0.29) is 0 Å². The van der Waals surface area contributed by atoms with Gasteiger partial charge in [0, 0.05) is 22.7 Å². The van der Waals surface area contributed by atoms with Crippen LogP contribution in [0.15, 0.2) is 42.6 Å². The van der Waals surface area contributed by atoms with Gasteiger partial charge >= 0.3 is 0 Å². The lowest BCUT2D eigenvalue weighted by atomic mass is 10.1. The lowest BCUT2D eigenvalue weighted by Gasteiger charge is -2.05. The van der Waals surface area contributed by atoms with Crippen LogP contribution >= 0.6 is 0 Å². The molecule has 5 heteroatoms. The summed E-state index contributed by atoms with van der Waals surface area (Å²) in [6.07, 6.45) is 1.74. The number of aryl methyl sites for hydroxylation is 1. The van der Waals surface area contributed by atoms with Crippen molar-refractivity contribution < 1.29 is 0 Å². The summed E-state index contributed by atoms with van der Waals surface area (Å²) in [6.45, 7) is 1.78. The van der Waals surface area contributed by atoms with Crippen LogP contribution in [-0.4, -0.2) is 15.0 Å². The Morgan fingerprint density at radius 1 is 0.917 bits per heavy atom. The predicted molar refractivity (Wildman–Crippen MR) is 91.0 cm³/mol. The highest BCUT2D eigenvalue weighted by Crippen LogP contribution is 2.29. The number of nitrogens with zero attached hydrogens (tertiary/aromatic N) is 4. The summed E-state index contributed by atoms with van der Waals surface area (Å²) in [5.74, 6) is 0. The van der Waals surface area contributed by atoms with E-state index in [9.17, 15) is 10.5 Å². The van der Waals surface area contributed by atoms with Gasteiger partial charge in [-0.15, -0.1) is 0 Å². The SMILES string of the molecule is Cc1[nH]c(-c2ccc3ccc4cccnc4c3n2)c(C#N)c1C#N. The van der Waals surface area contributed by atoms with Gasteiger partial charge in [0.2, 0.25) is 0 Å². The molecule has 5 nitrogen and oxygen atoms in total. The van der Waals surface area contributed by atoms with Crippen LogP contribution in [0, 0.1) is 29.6 Å². The highest BCUT2D eigenvalue weighted by molar-refractivity contribution is 6.03. The van der Waals surface area contributed by atoms with Gasteiger partial charge in [-0.1, -0.05) is 24.3 Å². The average Bonchev–Trinajstić information content (AvgIpc) is 2.96. The maximum Gasteiger partial charge on any atom is 0.103 e. The first-order valence-corrected chi connectivity index (χ1v) is 7.40. The van der Waals surface area contributed by atoms with E-state index in [0.717, 1.165) is 21.8 Å². The molecule has 0 aliphatic heterocycles. The van der Waals surface area contributed by atoms with Gasteiger partial charge in [0.05, 0.1) is 33.5 Å². The Labute approximate surface area is 137 Å². The molecule has 3 aromatic heterocycles. The summed E-state index contributed by atoms with van der Waals surface area (Å²) in [4.78, 5) is 12.3. The number of pyridine rings is 2. The fourth-order valence-electron chi connectivity index (χ4n) is 2.93. The van der Waals surface area contributed by atoms with Crippen molar-refractivity contribution >= 4 is 21.8 Å². The van der Waals surface area contributed by atoms with Crippen molar-refractivity contribution in [3.05, 3.63) is 59.4 Å². The first-order valence-electron chi connectivity index (χ1n) is 7.40. The van der Waals surface area contributed by atoms with Crippen molar-refractivity contribution in [1.82, 2.24) is 15.0 Å². The molecule has 0 unspecified atom stereocenters. The summed E-state index contributed by atoms with van der Waals surface area (Å²) in [5.41, 5.74) is 4.16. The smallest absolute Gasteiger partial charge is 0.103 e. The van der Waals surface area contributed by atoms with Crippen LogP contribution in [0.5, 0.6) is 0 Å². The van der Waals surface area contributed by atoms with E-state index in [1.807, 2.05) is 36.4 Å². The van der Waals surface area contributed by atoms with Gasteiger partial charge in [-0.05, 0) is 19.1 Å². The minimum Gasteiger partial charge on any atom is -0.355 e. The van der Waals surface area contributed by atoms with Crippen LogP contribution in [0.4, 0.5) is 0 Å². The molecule has 3 heterocycles. The molecule has 4 aromatic rings. The minimum atomic E-state index is 0.329. The molecule has 0 radical (unpaired) electrons. The van der Waals surface area contributed by atoms with Crippen molar-refractivity contribution in [2.45, 2.75) is 6.92 Å². The molecule has 0 aliphatic carbocycles. The molecule has 24 heavy (non-hydrogen) atoms. The van der Waals surface area contributed by atoms with E-state index in [0.29, 0.717) is 28.2 Å². The standard InChI is InChI=1S/C19H11N5/c1-11-14(9-20)15(10-21)19(23-11)16-7-6-13-5-4-12-3-2-8-22-17(12)18(13)24-16/h2-8,23H,1H3. The molecule has 1 N–H and O–H groups in total. The summed E-state index contributed by atoms with van der Waals surface area (Å²) in [5, 5.41) is 20.7. The first-order chi connectivity index (χ1) is 11.7. The van der Waals surface area contributed by atoms with Crippen LogP contribution < -0.4 is 0 Å². The quantitative estimate of drug-likeness (QED) is 0.541. The number of aromatic nitrogens is 3. The fraction of sp³-hybridized carbons (Fsp3) is 0.0526. The lowest BCUT2D eigenvalue weighted by molar-refractivity contribution is 1.23. The van der Waals surface area contributed by atoms with Crippen molar-refractivity contribution in [3.8, 4) is 23.5 Å². The number of benzene rings is 1. The van der Waals surface area contributed by atoms with E-state index in [1.165, 1.54) is 0 Å². The van der Waals surface area contributed by atoms with E-state index in [1.54, 1.807) is 13.1 Å². The number of aromatic amines is 1. The molecule has 0 saturated carbocycles.